The van der Waals surface area contributed by atoms with E-state index in [2.05, 4.69) is 33.9 Å². The molecule has 44 heavy (non-hydrogen) atoms. The van der Waals surface area contributed by atoms with Crippen molar-refractivity contribution in [3.8, 4) is 0 Å². The average molecular weight is 643 g/mol. The number of ether oxygens (including phenoxy) is 2. The minimum absolute atomic E-state index is 0.00681. The number of carbonyl (C=O) groups excluding carboxylic acids is 1. The molecule has 0 fully saturated rings. The monoisotopic (exact) mass is 642 g/mol. The van der Waals surface area contributed by atoms with Crippen LogP contribution in [0.1, 0.15) is 124 Å². The number of nitrogens with two attached hydrogens (primary N) is 1. The smallest absolute Gasteiger partial charge is 0.323 e. The Labute approximate surface area is 263 Å². The Morgan fingerprint density at radius 3 is 2.23 bits per heavy atom. The Morgan fingerprint density at radius 1 is 1.05 bits per heavy atom. The third-order valence-corrected chi connectivity index (χ3v) is 9.15. The van der Waals surface area contributed by atoms with Crippen LogP contribution in [-0.2, 0) is 29.9 Å². The van der Waals surface area contributed by atoms with Crippen LogP contribution in [0.25, 0.3) is 11.2 Å². The fourth-order valence-electron chi connectivity index (χ4n) is 5.02. The van der Waals surface area contributed by atoms with E-state index in [9.17, 15) is 13.8 Å². The fraction of sp³-hybridized carbons (Fsp3) is 0.806. The van der Waals surface area contributed by atoms with E-state index in [0.717, 1.165) is 38.5 Å². The average Bonchev–Trinajstić information content (AvgIpc) is 3.41. The van der Waals surface area contributed by atoms with Gasteiger partial charge in [0.25, 0.3) is 8.18 Å². The molecule has 0 bridgehead atoms. The van der Waals surface area contributed by atoms with Crippen molar-refractivity contribution < 1.29 is 27.7 Å². The van der Waals surface area contributed by atoms with Crippen LogP contribution in [0.4, 0.5) is 10.2 Å². The summed E-state index contributed by atoms with van der Waals surface area (Å²) in [6.07, 6.45) is 16.9. The van der Waals surface area contributed by atoms with Gasteiger partial charge in [0.15, 0.2) is 11.5 Å². The molecule has 0 spiro atoms. The Morgan fingerprint density at radius 2 is 1.64 bits per heavy atom. The Kier molecular flexibility index (Phi) is 18.0. The highest BCUT2D eigenvalue weighted by molar-refractivity contribution is 7.36. The molecule has 0 aliphatic heterocycles. The van der Waals surface area contributed by atoms with Crippen molar-refractivity contribution in [3.63, 3.8) is 0 Å². The number of methoxy groups -OCH3 is 1. The first-order valence-electron chi connectivity index (χ1n) is 16.4. The van der Waals surface area contributed by atoms with Crippen molar-refractivity contribution in [2.45, 2.75) is 148 Å². The van der Waals surface area contributed by atoms with Crippen molar-refractivity contribution in [1.82, 2.24) is 24.6 Å². The molecule has 252 valence electrons. The van der Waals surface area contributed by atoms with Gasteiger partial charge < -0.3 is 24.3 Å². The summed E-state index contributed by atoms with van der Waals surface area (Å²) in [5.41, 5.74) is 5.53. The van der Waals surface area contributed by atoms with E-state index in [4.69, 9.17) is 19.7 Å². The lowest BCUT2D eigenvalue weighted by atomic mass is 10.0. The third-order valence-electron chi connectivity index (χ3n) is 8.08. The number of aryl methyl sites for hydroxylation is 1. The van der Waals surface area contributed by atoms with Gasteiger partial charge in [0.05, 0.1) is 18.5 Å². The maximum atomic E-state index is 13.7. The second-order valence-corrected chi connectivity index (χ2v) is 13.2. The molecule has 2 heterocycles. The molecule has 13 heteroatoms. The van der Waals surface area contributed by atoms with E-state index in [0.29, 0.717) is 18.5 Å². The number of carbonyl (C=O) groups is 1. The van der Waals surface area contributed by atoms with Gasteiger partial charge in [-0.05, 0) is 46.0 Å². The van der Waals surface area contributed by atoms with Crippen LogP contribution in [0.15, 0.2) is 6.33 Å². The zero-order valence-electron chi connectivity index (χ0n) is 27.5. The first-order valence-corrected chi connectivity index (χ1v) is 17.8. The normalized spacial score (nSPS) is 14.6. The van der Waals surface area contributed by atoms with Gasteiger partial charge in [-0.3, -0.25) is 9.36 Å². The molecule has 0 radical (unpaired) electrons. The van der Waals surface area contributed by atoms with Crippen LogP contribution in [0.3, 0.4) is 0 Å². The molecular weight excluding hydrogens is 586 g/mol. The molecule has 1 unspecified atom stereocenters. The number of nitrogens with one attached hydrogen (secondary N) is 1. The van der Waals surface area contributed by atoms with Gasteiger partial charge in [0.1, 0.15) is 17.7 Å². The molecule has 3 atom stereocenters. The van der Waals surface area contributed by atoms with Gasteiger partial charge >= 0.3 is 12.0 Å². The Balaban J connectivity index is 1.83. The molecule has 3 N–H and O–H groups in total. The second kappa shape index (κ2) is 20.8. The van der Waals surface area contributed by atoms with E-state index in [-0.39, 0.29) is 24.2 Å². The molecule has 0 saturated heterocycles. The first-order chi connectivity index (χ1) is 21.1. The predicted molar refractivity (Wildman–Crippen MR) is 173 cm³/mol. The van der Waals surface area contributed by atoms with Gasteiger partial charge in [-0.25, -0.2) is 10.1 Å². The number of rotatable bonds is 25. The van der Waals surface area contributed by atoms with Gasteiger partial charge in [-0.1, -0.05) is 78.1 Å². The van der Waals surface area contributed by atoms with Crippen LogP contribution in [0, 0.1) is 6.08 Å². The molecule has 2 rings (SSSR count). The van der Waals surface area contributed by atoms with Crippen LogP contribution < -0.4 is 10.8 Å². The van der Waals surface area contributed by atoms with Crippen molar-refractivity contribution in [1.29, 1.82) is 0 Å². The summed E-state index contributed by atoms with van der Waals surface area (Å²) in [4.78, 5) is 24.4. The lowest BCUT2D eigenvalue weighted by Gasteiger charge is -2.28. The Bertz CT molecular complexity index is 1120. The number of imidazole rings is 1. The standard InChI is InChI=1S/C31H56FN6O5P/c1-6-8-10-12-14-16-18-25(19-17-15-13-11-9-7-2)43-29(39)24(3)37-44(40)42-22-31(4,41-5)20-21-38-23-34-26-27(33)35-30(32)36-28(26)38/h23-25,44H,6-22H2,1-5H3,(H,37,40)(H2,33,35,36)/t24-,31-/m0/s1. The number of nitrogens with zero attached hydrogens (tertiary/aromatic N) is 4. The number of unbranched alkanes of at least 4 members (excludes halogenated alkanes) is 10. The highest BCUT2D eigenvalue weighted by Gasteiger charge is 2.27. The van der Waals surface area contributed by atoms with Crippen molar-refractivity contribution in [2.24, 2.45) is 0 Å². The molecule has 2 aromatic heterocycles. The Hall–Kier alpha value is -2.14. The van der Waals surface area contributed by atoms with E-state index >= 15 is 0 Å². The van der Waals surface area contributed by atoms with Gasteiger partial charge in [-0.2, -0.15) is 14.4 Å². The van der Waals surface area contributed by atoms with Crippen LogP contribution in [-0.4, -0.2) is 57.0 Å². The fourth-order valence-corrected chi connectivity index (χ4v) is 6.01. The zero-order chi connectivity index (χ0) is 32.4. The van der Waals surface area contributed by atoms with Crippen molar-refractivity contribution in [2.75, 3.05) is 19.5 Å². The van der Waals surface area contributed by atoms with Gasteiger partial charge in [0, 0.05) is 13.7 Å². The molecule has 0 saturated carbocycles. The minimum atomic E-state index is -2.77. The number of hydrogen-bond donors (Lipinski definition) is 2. The maximum absolute atomic E-state index is 13.7. The van der Waals surface area contributed by atoms with E-state index in [1.807, 2.05) is 6.92 Å². The number of esters is 1. The predicted octanol–water partition coefficient (Wildman–Crippen LogP) is 7.14. The van der Waals surface area contributed by atoms with E-state index in [1.165, 1.54) is 64.8 Å². The summed E-state index contributed by atoms with van der Waals surface area (Å²) in [5.74, 6) is -0.443. The summed E-state index contributed by atoms with van der Waals surface area (Å²) in [5, 5.41) is 2.78. The minimum Gasteiger partial charge on any atom is -0.461 e. The topological polar surface area (TPSA) is 143 Å². The largest absolute Gasteiger partial charge is 0.461 e. The van der Waals surface area contributed by atoms with Crippen LogP contribution in [0.5, 0.6) is 0 Å². The highest BCUT2D eigenvalue weighted by Crippen LogP contribution is 2.26. The number of halogens is 1. The second-order valence-electron chi connectivity index (χ2n) is 12.0. The molecule has 0 aromatic carbocycles. The number of anilines is 1. The summed E-state index contributed by atoms with van der Waals surface area (Å²) >= 11 is 0. The van der Waals surface area contributed by atoms with Gasteiger partial charge in [0.2, 0.25) is 0 Å². The third kappa shape index (κ3) is 13.9. The van der Waals surface area contributed by atoms with Crippen LogP contribution >= 0.6 is 8.18 Å². The molecule has 11 nitrogen and oxygen atoms in total. The number of nitrogen functional groups attached to an aromatic ring is 1. The van der Waals surface area contributed by atoms with Crippen molar-refractivity contribution >= 4 is 31.1 Å². The summed E-state index contributed by atoms with van der Waals surface area (Å²) in [6.45, 7) is 8.26. The number of aromatic nitrogens is 4. The van der Waals surface area contributed by atoms with Crippen molar-refractivity contribution in [3.05, 3.63) is 12.4 Å². The highest BCUT2D eigenvalue weighted by atomic mass is 31.1. The lowest BCUT2D eigenvalue weighted by molar-refractivity contribution is -0.151. The quantitative estimate of drug-likeness (QED) is 0.0496. The number of fused-ring (bicyclic) bond motifs is 1. The maximum Gasteiger partial charge on any atom is 0.323 e. The van der Waals surface area contributed by atoms with Gasteiger partial charge in [-0.15, -0.1) is 0 Å². The summed E-state index contributed by atoms with van der Waals surface area (Å²) in [7, 11) is -1.24. The first kappa shape index (κ1) is 38.0. The van der Waals surface area contributed by atoms with Crippen LogP contribution in [0.2, 0.25) is 0 Å². The zero-order valence-corrected chi connectivity index (χ0v) is 28.5. The SMILES string of the molecule is CCCCCCCCC(CCCCCCCC)OC(=O)[C@H](C)N[PH](=O)OC[C@](C)(CCn1cnc2c(N)nc(F)nc21)OC. The lowest BCUT2D eigenvalue weighted by Crippen LogP contribution is -2.36. The van der Waals surface area contributed by atoms with E-state index < -0.39 is 31.9 Å². The van der Waals surface area contributed by atoms with E-state index in [1.54, 1.807) is 11.5 Å². The summed E-state index contributed by atoms with van der Waals surface area (Å²) < 4.78 is 45.3. The summed E-state index contributed by atoms with van der Waals surface area (Å²) in [6, 6.07) is -0.774. The molecule has 0 amide bonds. The molecule has 0 aliphatic rings. The molecular formula is C31H56FN6O5P. The number of hydrogen-bond acceptors (Lipinski definition) is 9. The molecule has 2 aromatic rings. The molecule has 0 aliphatic carbocycles.